The van der Waals surface area contributed by atoms with Gasteiger partial charge in [-0.25, -0.2) is 0 Å². The molecule has 27 heavy (non-hydrogen) atoms. The maximum absolute atomic E-state index is 12.7. The molecule has 1 spiro atoms. The fraction of sp³-hybridized carbons (Fsp3) is 0.619. The van der Waals surface area contributed by atoms with Crippen molar-refractivity contribution in [3.8, 4) is 5.75 Å². The van der Waals surface area contributed by atoms with Crippen LogP contribution in [0.15, 0.2) is 24.3 Å². The van der Waals surface area contributed by atoms with Crippen LogP contribution in [0.1, 0.15) is 42.5 Å². The van der Waals surface area contributed by atoms with Crippen LogP contribution >= 0.6 is 0 Å². The van der Waals surface area contributed by atoms with Gasteiger partial charge in [-0.3, -0.25) is 9.59 Å². The van der Waals surface area contributed by atoms with Gasteiger partial charge in [-0.1, -0.05) is 6.07 Å². The highest BCUT2D eigenvalue weighted by Gasteiger charge is 2.44. The third-order valence-corrected chi connectivity index (χ3v) is 6.71. The van der Waals surface area contributed by atoms with Crippen molar-refractivity contribution in [1.82, 2.24) is 14.7 Å². The van der Waals surface area contributed by atoms with Gasteiger partial charge in [0.05, 0.1) is 0 Å². The number of hydrogen-bond acceptors (Lipinski definition) is 4. The van der Waals surface area contributed by atoms with Crippen molar-refractivity contribution in [2.75, 3.05) is 39.8 Å². The van der Waals surface area contributed by atoms with E-state index >= 15 is 0 Å². The lowest BCUT2D eigenvalue weighted by Gasteiger charge is -2.49. The van der Waals surface area contributed by atoms with Crippen molar-refractivity contribution < 1.29 is 14.7 Å². The van der Waals surface area contributed by atoms with E-state index in [0.29, 0.717) is 23.9 Å². The molecule has 3 heterocycles. The molecule has 0 aromatic heterocycles. The Morgan fingerprint density at radius 1 is 1.19 bits per heavy atom. The maximum atomic E-state index is 12.7. The van der Waals surface area contributed by atoms with Crippen LogP contribution in [0.2, 0.25) is 0 Å². The molecule has 2 amide bonds. The van der Waals surface area contributed by atoms with Crippen molar-refractivity contribution in [3.63, 3.8) is 0 Å². The predicted molar refractivity (Wildman–Crippen MR) is 103 cm³/mol. The summed E-state index contributed by atoms with van der Waals surface area (Å²) in [5.41, 5.74) is 0.699. The van der Waals surface area contributed by atoms with Crippen molar-refractivity contribution in [2.45, 2.75) is 38.1 Å². The fourth-order valence-electron chi connectivity index (χ4n) is 4.96. The Hall–Kier alpha value is -2.08. The molecule has 4 rings (SSSR count). The van der Waals surface area contributed by atoms with Gasteiger partial charge in [0.15, 0.2) is 0 Å². The zero-order valence-corrected chi connectivity index (χ0v) is 16.1. The van der Waals surface area contributed by atoms with Gasteiger partial charge in [-0.15, -0.1) is 0 Å². The Morgan fingerprint density at radius 2 is 1.96 bits per heavy atom. The molecule has 6 nitrogen and oxygen atoms in total. The summed E-state index contributed by atoms with van der Waals surface area (Å²) in [6, 6.07) is 6.92. The van der Waals surface area contributed by atoms with E-state index in [1.165, 1.54) is 6.07 Å². The first-order valence-corrected chi connectivity index (χ1v) is 10.0. The molecule has 0 saturated carbocycles. The van der Waals surface area contributed by atoms with E-state index in [4.69, 9.17) is 0 Å². The van der Waals surface area contributed by atoms with Crippen molar-refractivity contribution in [1.29, 1.82) is 0 Å². The topological polar surface area (TPSA) is 64.1 Å². The van der Waals surface area contributed by atoms with Crippen LogP contribution in [0.4, 0.5) is 0 Å². The molecule has 1 aromatic carbocycles. The highest BCUT2D eigenvalue weighted by atomic mass is 16.3. The van der Waals surface area contributed by atoms with E-state index in [1.54, 1.807) is 18.2 Å². The summed E-state index contributed by atoms with van der Waals surface area (Å²) >= 11 is 0. The first-order valence-electron chi connectivity index (χ1n) is 10.0. The summed E-state index contributed by atoms with van der Waals surface area (Å²) in [4.78, 5) is 31.6. The molecule has 3 aliphatic heterocycles. The summed E-state index contributed by atoms with van der Waals surface area (Å²) in [5, 5.41) is 9.62. The van der Waals surface area contributed by atoms with Gasteiger partial charge in [0.2, 0.25) is 5.91 Å². The molecule has 0 unspecified atom stereocenters. The molecule has 1 N–H and O–H groups in total. The third kappa shape index (κ3) is 3.68. The first kappa shape index (κ1) is 18.3. The molecule has 3 saturated heterocycles. The highest BCUT2D eigenvalue weighted by molar-refractivity contribution is 5.94. The van der Waals surface area contributed by atoms with Crippen LogP contribution in [0.5, 0.6) is 5.75 Å². The lowest BCUT2D eigenvalue weighted by Crippen LogP contribution is -2.55. The Bertz CT molecular complexity index is 727. The smallest absolute Gasteiger partial charge is 0.253 e. The van der Waals surface area contributed by atoms with Crippen LogP contribution in [-0.2, 0) is 4.79 Å². The van der Waals surface area contributed by atoms with Gasteiger partial charge in [0.1, 0.15) is 5.75 Å². The average Bonchev–Trinajstić information content (AvgIpc) is 3.10. The monoisotopic (exact) mass is 371 g/mol. The van der Waals surface area contributed by atoms with Crippen LogP contribution in [-0.4, -0.2) is 77.4 Å². The summed E-state index contributed by atoms with van der Waals surface area (Å²) in [7, 11) is 2.12. The summed E-state index contributed by atoms with van der Waals surface area (Å²) in [5.74, 6) is 0.415. The van der Waals surface area contributed by atoms with Gasteiger partial charge in [-0.05, 0) is 62.9 Å². The van der Waals surface area contributed by atoms with Gasteiger partial charge < -0.3 is 19.8 Å². The van der Waals surface area contributed by atoms with E-state index in [-0.39, 0.29) is 17.1 Å². The Morgan fingerprint density at radius 3 is 2.63 bits per heavy atom. The van der Waals surface area contributed by atoms with Crippen molar-refractivity contribution in [2.24, 2.45) is 5.41 Å². The first-order chi connectivity index (χ1) is 13.0. The molecule has 0 radical (unpaired) electrons. The number of likely N-dealkylation sites (tertiary alicyclic amines) is 3. The minimum Gasteiger partial charge on any atom is -0.508 e. The van der Waals surface area contributed by atoms with Crippen LogP contribution in [0.3, 0.4) is 0 Å². The zero-order valence-electron chi connectivity index (χ0n) is 16.1. The number of aromatic hydroxyl groups is 1. The molecule has 146 valence electrons. The number of piperidine rings is 2. The minimum absolute atomic E-state index is 0.0121. The van der Waals surface area contributed by atoms with Crippen molar-refractivity contribution in [3.05, 3.63) is 29.8 Å². The van der Waals surface area contributed by atoms with Gasteiger partial charge in [-0.2, -0.15) is 0 Å². The molecule has 0 bridgehead atoms. The van der Waals surface area contributed by atoms with E-state index in [1.807, 2.05) is 4.90 Å². The minimum atomic E-state index is -0.0121. The normalized spacial score (nSPS) is 26.0. The second-order valence-corrected chi connectivity index (χ2v) is 8.57. The van der Waals surface area contributed by atoms with E-state index in [9.17, 15) is 14.7 Å². The molecule has 3 fully saturated rings. The Labute approximate surface area is 160 Å². The lowest BCUT2D eigenvalue weighted by atomic mass is 9.72. The number of benzene rings is 1. The SMILES string of the molecule is CN1CC[C@H](N2CC3(CCC2=O)CCN(C(=O)c2cccc(O)c2)CC3)C1. The zero-order chi connectivity index (χ0) is 19.0. The second-order valence-electron chi connectivity index (χ2n) is 8.57. The molecule has 1 atom stereocenters. The van der Waals surface area contributed by atoms with E-state index in [0.717, 1.165) is 58.4 Å². The Kier molecular flexibility index (Phi) is 4.84. The predicted octanol–water partition coefficient (Wildman–Crippen LogP) is 1.94. The Balaban J connectivity index is 1.40. The van der Waals surface area contributed by atoms with Gasteiger partial charge >= 0.3 is 0 Å². The number of phenolic OH excluding ortho intramolecular Hbond substituents is 1. The highest BCUT2D eigenvalue weighted by Crippen LogP contribution is 2.41. The van der Waals surface area contributed by atoms with E-state index < -0.39 is 0 Å². The number of nitrogens with zero attached hydrogens (tertiary/aromatic N) is 3. The molecular formula is C21H29N3O3. The maximum Gasteiger partial charge on any atom is 0.253 e. The quantitative estimate of drug-likeness (QED) is 0.863. The van der Waals surface area contributed by atoms with Gasteiger partial charge in [0.25, 0.3) is 5.91 Å². The number of hydrogen-bond donors (Lipinski definition) is 1. The average molecular weight is 371 g/mol. The number of phenols is 1. The number of rotatable bonds is 2. The molecule has 0 aliphatic carbocycles. The van der Waals surface area contributed by atoms with E-state index in [2.05, 4.69) is 16.8 Å². The standard InChI is InChI=1S/C21H29N3O3/c1-22-10-6-17(14-22)24-15-21(7-5-19(24)26)8-11-23(12-9-21)20(27)16-3-2-4-18(25)13-16/h2-4,13,17,25H,5-12,14-15H2,1H3/t17-/m0/s1. The van der Waals surface area contributed by atoms with Crippen LogP contribution in [0.25, 0.3) is 0 Å². The molecule has 1 aromatic rings. The lowest BCUT2D eigenvalue weighted by molar-refractivity contribution is -0.141. The van der Waals surface area contributed by atoms with Gasteiger partial charge in [0, 0.05) is 44.2 Å². The molecular weight excluding hydrogens is 342 g/mol. The summed E-state index contributed by atoms with van der Waals surface area (Å²) in [6.07, 6.45) is 4.55. The number of carbonyl (C=O) groups is 2. The number of amides is 2. The summed E-state index contributed by atoms with van der Waals surface area (Å²) < 4.78 is 0. The molecule has 3 aliphatic rings. The largest absolute Gasteiger partial charge is 0.508 e. The second kappa shape index (κ2) is 7.15. The third-order valence-electron chi connectivity index (χ3n) is 6.71. The summed E-state index contributed by atoms with van der Waals surface area (Å²) in [6.45, 7) is 4.33. The fourth-order valence-corrected chi connectivity index (χ4v) is 4.96. The van der Waals surface area contributed by atoms with Crippen LogP contribution < -0.4 is 0 Å². The number of likely N-dealkylation sites (N-methyl/N-ethyl adjacent to an activating group) is 1. The van der Waals surface area contributed by atoms with Crippen LogP contribution in [0, 0.1) is 5.41 Å². The van der Waals surface area contributed by atoms with Crippen molar-refractivity contribution >= 4 is 11.8 Å². The molecule has 6 heteroatoms. The number of carbonyl (C=O) groups excluding carboxylic acids is 2.